The van der Waals surface area contributed by atoms with E-state index >= 15 is 0 Å². The van der Waals surface area contributed by atoms with Crippen molar-refractivity contribution in [3.63, 3.8) is 0 Å². The first kappa shape index (κ1) is 15.1. The number of pyridine rings is 1. The van der Waals surface area contributed by atoms with Gasteiger partial charge in [0.25, 0.3) is 0 Å². The normalized spacial score (nSPS) is 11.0. The molecule has 1 aromatic heterocycles. The van der Waals surface area contributed by atoms with Gasteiger partial charge in [-0.1, -0.05) is 17.7 Å². The highest BCUT2D eigenvalue weighted by Gasteiger charge is 2.33. The van der Waals surface area contributed by atoms with Crippen molar-refractivity contribution in [3.8, 4) is 17.7 Å². The number of halogens is 4. The van der Waals surface area contributed by atoms with Crippen LogP contribution in [0.2, 0.25) is 5.02 Å². The molecule has 0 aliphatic carbocycles. The third-order valence-electron chi connectivity index (χ3n) is 2.57. The topological polar surface area (TPSA) is 45.9 Å². The summed E-state index contributed by atoms with van der Waals surface area (Å²) in [7, 11) is 0. The van der Waals surface area contributed by atoms with Crippen molar-refractivity contribution in [3.05, 3.63) is 52.2 Å². The number of alkyl halides is 3. The third kappa shape index (κ3) is 3.44. The van der Waals surface area contributed by atoms with Gasteiger partial charge in [0.15, 0.2) is 0 Å². The highest BCUT2D eigenvalue weighted by atomic mass is 35.5. The molecular weight excluding hydrogens is 305 g/mol. The predicted molar refractivity (Wildman–Crippen MR) is 70.2 cm³/mol. The zero-order valence-corrected chi connectivity index (χ0v) is 11.5. The van der Waals surface area contributed by atoms with Crippen LogP contribution in [0.3, 0.4) is 0 Å². The third-order valence-corrected chi connectivity index (χ3v) is 2.86. The Bertz CT molecular complexity index is 723. The SMILES string of the molecule is Cc1ccc(Oc2nc(C(F)(F)F)ccc2C#N)c(Cl)c1. The molecule has 0 saturated heterocycles. The molecule has 0 N–H and O–H groups in total. The van der Waals surface area contributed by atoms with Crippen LogP contribution in [0, 0.1) is 18.3 Å². The minimum atomic E-state index is -4.62. The lowest BCUT2D eigenvalue weighted by molar-refractivity contribution is -0.141. The summed E-state index contributed by atoms with van der Waals surface area (Å²) in [5, 5.41) is 9.14. The first-order chi connectivity index (χ1) is 9.81. The van der Waals surface area contributed by atoms with Gasteiger partial charge in [0.1, 0.15) is 23.1 Å². The molecule has 21 heavy (non-hydrogen) atoms. The highest BCUT2D eigenvalue weighted by Crippen LogP contribution is 2.34. The quantitative estimate of drug-likeness (QED) is 0.805. The molecule has 0 amide bonds. The van der Waals surface area contributed by atoms with Crippen LogP contribution < -0.4 is 4.74 Å². The molecule has 0 radical (unpaired) electrons. The Morgan fingerprint density at radius 1 is 1.24 bits per heavy atom. The van der Waals surface area contributed by atoms with Crippen LogP contribution in [-0.2, 0) is 6.18 Å². The van der Waals surface area contributed by atoms with E-state index < -0.39 is 17.8 Å². The summed E-state index contributed by atoms with van der Waals surface area (Å²) in [6.07, 6.45) is -4.62. The van der Waals surface area contributed by atoms with E-state index in [2.05, 4.69) is 4.98 Å². The van der Waals surface area contributed by atoms with E-state index in [9.17, 15) is 13.2 Å². The molecule has 108 valence electrons. The number of ether oxygens (including phenoxy) is 1. The van der Waals surface area contributed by atoms with Gasteiger partial charge in [-0.3, -0.25) is 0 Å². The van der Waals surface area contributed by atoms with E-state index in [4.69, 9.17) is 21.6 Å². The van der Waals surface area contributed by atoms with Gasteiger partial charge in [-0.2, -0.15) is 18.4 Å². The molecule has 0 aliphatic heterocycles. The first-order valence-corrected chi connectivity index (χ1v) is 6.11. The largest absolute Gasteiger partial charge is 0.436 e. The molecule has 0 bridgehead atoms. The second-order valence-electron chi connectivity index (χ2n) is 4.19. The molecule has 2 rings (SSSR count). The average Bonchev–Trinajstić information content (AvgIpc) is 2.41. The molecule has 1 heterocycles. The van der Waals surface area contributed by atoms with Gasteiger partial charge in [-0.25, -0.2) is 4.98 Å². The number of aromatic nitrogens is 1. The van der Waals surface area contributed by atoms with Crippen LogP contribution in [0.4, 0.5) is 13.2 Å². The summed E-state index contributed by atoms with van der Waals surface area (Å²) in [5.74, 6) is -0.302. The minimum absolute atomic E-state index is 0.111. The fraction of sp³-hybridized carbons (Fsp3) is 0.143. The molecular formula is C14H8ClF3N2O. The van der Waals surface area contributed by atoms with Crippen LogP contribution in [0.25, 0.3) is 0 Å². The van der Waals surface area contributed by atoms with Gasteiger partial charge in [-0.05, 0) is 36.8 Å². The summed E-state index contributed by atoms with van der Waals surface area (Å²) in [4.78, 5) is 3.35. The summed E-state index contributed by atoms with van der Waals surface area (Å²) in [6.45, 7) is 1.80. The number of nitriles is 1. The molecule has 0 saturated carbocycles. The van der Waals surface area contributed by atoms with E-state index in [1.165, 1.54) is 6.07 Å². The van der Waals surface area contributed by atoms with Gasteiger partial charge >= 0.3 is 6.18 Å². The Morgan fingerprint density at radius 3 is 2.52 bits per heavy atom. The zero-order chi connectivity index (χ0) is 15.6. The number of hydrogen-bond donors (Lipinski definition) is 0. The van der Waals surface area contributed by atoms with E-state index in [1.807, 2.05) is 0 Å². The van der Waals surface area contributed by atoms with Crippen LogP contribution in [0.5, 0.6) is 11.6 Å². The molecule has 2 aromatic rings. The minimum Gasteiger partial charge on any atom is -0.436 e. The summed E-state index contributed by atoms with van der Waals surface area (Å²) >= 11 is 5.95. The van der Waals surface area contributed by atoms with Gasteiger partial charge in [0.05, 0.1) is 5.02 Å². The van der Waals surface area contributed by atoms with Crippen LogP contribution in [-0.4, -0.2) is 4.98 Å². The van der Waals surface area contributed by atoms with Gasteiger partial charge in [0.2, 0.25) is 5.88 Å². The molecule has 0 fully saturated rings. The monoisotopic (exact) mass is 312 g/mol. The lowest BCUT2D eigenvalue weighted by Crippen LogP contribution is -2.09. The maximum Gasteiger partial charge on any atom is 0.433 e. The number of benzene rings is 1. The van der Waals surface area contributed by atoms with E-state index in [1.54, 1.807) is 25.1 Å². The molecule has 0 aliphatic rings. The number of nitrogens with zero attached hydrogens (tertiary/aromatic N) is 2. The molecule has 7 heteroatoms. The van der Waals surface area contributed by atoms with Gasteiger partial charge in [-0.15, -0.1) is 0 Å². The van der Waals surface area contributed by atoms with Gasteiger partial charge in [0, 0.05) is 0 Å². The summed E-state index contributed by atoms with van der Waals surface area (Å²) in [5.41, 5.74) is -0.385. The Morgan fingerprint density at radius 2 is 1.95 bits per heavy atom. The number of hydrogen-bond acceptors (Lipinski definition) is 3. The number of aryl methyl sites for hydroxylation is 1. The first-order valence-electron chi connectivity index (χ1n) is 5.73. The average molecular weight is 313 g/mol. The van der Waals surface area contributed by atoms with Crippen molar-refractivity contribution in [2.24, 2.45) is 0 Å². The Hall–Kier alpha value is -2.26. The van der Waals surface area contributed by atoms with Crippen molar-refractivity contribution >= 4 is 11.6 Å². The number of rotatable bonds is 2. The van der Waals surface area contributed by atoms with Crippen LogP contribution in [0.15, 0.2) is 30.3 Å². The lowest BCUT2D eigenvalue weighted by atomic mass is 10.2. The molecule has 0 atom stereocenters. The summed E-state index contributed by atoms with van der Waals surface area (Å²) in [6, 6.07) is 8.23. The van der Waals surface area contributed by atoms with Crippen molar-refractivity contribution in [2.75, 3.05) is 0 Å². The standard InChI is InChI=1S/C14H8ClF3N2O/c1-8-2-4-11(10(15)6-8)21-13-9(7-19)3-5-12(20-13)14(16,17)18/h2-6H,1H3. The maximum absolute atomic E-state index is 12.6. The van der Waals surface area contributed by atoms with Crippen molar-refractivity contribution in [1.82, 2.24) is 4.98 Å². The van der Waals surface area contributed by atoms with Crippen molar-refractivity contribution < 1.29 is 17.9 Å². The Labute approximate surface area is 123 Å². The maximum atomic E-state index is 12.6. The second-order valence-corrected chi connectivity index (χ2v) is 4.60. The molecule has 0 spiro atoms. The lowest BCUT2D eigenvalue weighted by Gasteiger charge is -2.11. The second kappa shape index (κ2) is 5.62. The molecule has 3 nitrogen and oxygen atoms in total. The van der Waals surface area contributed by atoms with Gasteiger partial charge < -0.3 is 4.74 Å². The Kier molecular flexibility index (Phi) is 4.05. The molecule has 0 unspecified atom stereocenters. The summed E-state index contributed by atoms with van der Waals surface area (Å²) < 4.78 is 43.2. The fourth-order valence-corrected chi connectivity index (χ4v) is 1.83. The predicted octanol–water partition coefficient (Wildman–Crippen LogP) is 4.73. The van der Waals surface area contributed by atoms with Crippen LogP contribution >= 0.6 is 11.6 Å². The fourth-order valence-electron chi connectivity index (χ4n) is 1.55. The van der Waals surface area contributed by atoms with Crippen LogP contribution in [0.1, 0.15) is 16.8 Å². The zero-order valence-electron chi connectivity index (χ0n) is 10.7. The Balaban J connectivity index is 2.45. The van der Waals surface area contributed by atoms with Crippen molar-refractivity contribution in [1.29, 1.82) is 5.26 Å². The van der Waals surface area contributed by atoms with E-state index in [0.717, 1.165) is 17.7 Å². The van der Waals surface area contributed by atoms with E-state index in [-0.39, 0.29) is 16.3 Å². The van der Waals surface area contributed by atoms with Crippen molar-refractivity contribution in [2.45, 2.75) is 13.1 Å². The van der Waals surface area contributed by atoms with E-state index in [0.29, 0.717) is 0 Å². The molecule has 1 aromatic carbocycles. The highest BCUT2D eigenvalue weighted by molar-refractivity contribution is 6.32. The smallest absolute Gasteiger partial charge is 0.433 e.